The number of nitro groups is 1. The lowest BCUT2D eigenvalue weighted by Gasteiger charge is -2.13. The molecule has 0 unspecified atom stereocenters. The molecule has 0 saturated carbocycles. The van der Waals surface area contributed by atoms with E-state index in [9.17, 15) is 19.7 Å². The van der Waals surface area contributed by atoms with Crippen LogP contribution in [-0.2, 0) is 9.59 Å². The number of ketones is 1. The Morgan fingerprint density at radius 1 is 1.47 bits per heavy atom. The van der Waals surface area contributed by atoms with E-state index in [1.165, 1.54) is 6.20 Å². The number of halogens is 1. The highest BCUT2D eigenvalue weighted by molar-refractivity contribution is 6.30. The summed E-state index contributed by atoms with van der Waals surface area (Å²) in [5.41, 5.74) is -0.388. The molecule has 17 heavy (non-hydrogen) atoms. The maximum atomic E-state index is 11.5. The van der Waals surface area contributed by atoms with Gasteiger partial charge in [-0.25, -0.2) is 4.98 Å². The average Bonchev–Trinajstić information content (AvgIpc) is 2.57. The number of rotatable bonds is 2. The van der Waals surface area contributed by atoms with Gasteiger partial charge in [-0.15, -0.1) is 0 Å². The van der Waals surface area contributed by atoms with E-state index in [1.807, 2.05) is 0 Å². The molecule has 0 radical (unpaired) electrons. The van der Waals surface area contributed by atoms with Crippen molar-refractivity contribution in [2.45, 2.75) is 6.42 Å². The second-order valence-electron chi connectivity index (χ2n) is 3.45. The predicted octanol–water partition coefficient (Wildman–Crippen LogP) is 0.949. The van der Waals surface area contributed by atoms with Crippen LogP contribution in [0.4, 0.5) is 11.5 Å². The van der Waals surface area contributed by atoms with Gasteiger partial charge in [0.2, 0.25) is 11.7 Å². The van der Waals surface area contributed by atoms with Gasteiger partial charge in [0.15, 0.2) is 5.78 Å². The Bertz CT molecular complexity index is 531. The Balaban J connectivity index is 2.48. The van der Waals surface area contributed by atoms with Gasteiger partial charge in [-0.3, -0.25) is 24.6 Å². The minimum Gasteiger partial charge on any atom is -0.297 e. The van der Waals surface area contributed by atoms with E-state index in [0.717, 1.165) is 11.0 Å². The molecule has 0 bridgehead atoms. The first-order valence-electron chi connectivity index (χ1n) is 4.61. The fourth-order valence-corrected chi connectivity index (χ4v) is 1.69. The molecule has 0 N–H and O–H groups in total. The van der Waals surface area contributed by atoms with Crippen LogP contribution in [0.2, 0.25) is 5.02 Å². The summed E-state index contributed by atoms with van der Waals surface area (Å²) in [5.74, 6) is -0.927. The van der Waals surface area contributed by atoms with Crippen molar-refractivity contribution in [2.24, 2.45) is 0 Å². The Morgan fingerprint density at radius 2 is 2.18 bits per heavy atom. The summed E-state index contributed by atoms with van der Waals surface area (Å²) in [6, 6.07) is 1.10. The zero-order valence-electron chi connectivity index (χ0n) is 8.42. The van der Waals surface area contributed by atoms with Crippen LogP contribution in [-0.4, -0.2) is 28.1 Å². The van der Waals surface area contributed by atoms with Crippen molar-refractivity contribution in [1.29, 1.82) is 0 Å². The van der Waals surface area contributed by atoms with E-state index in [0.29, 0.717) is 0 Å². The summed E-state index contributed by atoms with van der Waals surface area (Å²) in [6.07, 6.45) is 0.946. The van der Waals surface area contributed by atoms with Crippen LogP contribution >= 0.6 is 11.6 Å². The lowest BCUT2D eigenvalue weighted by Crippen LogP contribution is -2.26. The van der Waals surface area contributed by atoms with Crippen molar-refractivity contribution in [1.82, 2.24) is 4.98 Å². The van der Waals surface area contributed by atoms with Crippen LogP contribution in [0.15, 0.2) is 12.3 Å². The number of aromatic nitrogens is 1. The van der Waals surface area contributed by atoms with Crippen LogP contribution < -0.4 is 4.90 Å². The van der Waals surface area contributed by atoms with E-state index >= 15 is 0 Å². The van der Waals surface area contributed by atoms with Crippen LogP contribution in [0.5, 0.6) is 0 Å². The van der Waals surface area contributed by atoms with Crippen LogP contribution in [0.25, 0.3) is 0 Å². The molecule has 0 atom stereocenters. The monoisotopic (exact) mass is 255 g/mol. The highest BCUT2D eigenvalue weighted by Gasteiger charge is 2.34. The number of hydrogen-bond donors (Lipinski definition) is 0. The number of Topliss-reactive ketones (excluding diaryl/α,β-unsaturated/α-hetero) is 1. The molecule has 2 heterocycles. The van der Waals surface area contributed by atoms with E-state index in [-0.39, 0.29) is 35.3 Å². The van der Waals surface area contributed by atoms with Crippen LogP contribution in [0, 0.1) is 10.1 Å². The van der Waals surface area contributed by atoms with Crippen LogP contribution in [0.1, 0.15) is 6.42 Å². The normalized spacial score (nSPS) is 15.5. The first-order chi connectivity index (χ1) is 7.99. The summed E-state index contributed by atoms with van der Waals surface area (Å²) in [5, 5.41) is 10.9. The van der Waals surface area contributed by atoms with Gasteiger partial charge in [0.25, 0.3) is 0 Å². The van der Waals surface area contributed by atoms with Crippen molar-refractivity contribution in [3.05, 3.63) is 27.4 Å². The molecule has 0 spiro atoms. The number of carbonyl (C=O) groups is 2. The third kappa shape index (κ3) is 2.09. The van der Waals surface area contributed by atoms with Gasteiger partial charge in [0, 0.05) is 12.3 Å². The van der Waals surface area contributed by atoms with Crippen molar-refractivity contribution in [2.75, 3.05) is 11.4 Å². The molecule has 1 aromatic rings. The molecule has 1 saturated heterocycles. The number of pyridine rings is 1. The SMILES string of the molecule is O=C1CC(=O)N(c2ncc(Cl)cc2[N+](=O)[O-])C1. The molecule has 1 aliphatic heterocycles. The second-order valence-corrected chi connectivity index (χ2v) is 3.89. The summed E-state index contributed by atoms with van der Waals surface area (Å²) < 4.78 is 0. The Kier molecular flexibility index (Phi) is 2.76. The molecule has 1 aromatic heterocycles. The number of carbonyl (C=O) groups excluding carboxylic acids is 2. The highest BCUT2D eigenvalue weighted by Crippen LogP contribution is 2.30. The smallest absolute Gasteiger partial charge is 0.297 e. The van der Waals surface area contributed by atoms with Crippen LogP contribution in [0.3, 0.4) is 0 Å². The van der Waals surface area contributed by atoms with Crippen molar-refractivity contribution in [3.8, 4) is 0 Å². The number of amides is 1. The fourth-order valence-electron chi connectivity index (χ4n) is 1.54. The van der Waals surface area contributed by atoms with Gasteiger partial charge in [0.05, 0.1) is 22.9 Å². The molecule has 1 aliphatic rings. The Morgan fingerprint density at radius 3 is 2.71 bits per heavy atom. The first-order valence-corrected chi connectivity index (χ1v) is 4.99. The zero-order valence-corrected chi connectivity index (χ0v) is 9.18. The van der Waals surface area contributed by atoms with Gasteiger partial charge in [-0.2, -0.15) is 0 Å². The maximum absolute atomic E-state index is 11.5. The summed E-state index contributed by atoms with van der Waals surface area (Å²) in [7, 11) is 0. The first kappa shape index (κ1) is 11.5. The van der Waals surface area contributed by atoms with Crippen molar-refractivity contribution in [3.63, 3.8) is 0 Å². The molecular weight excluding hydrogens is 250 g/mol. The predicted molar refractivity (Wildman–Crippen MR) is 57.9 cm³/mol. The molecule has 88 valence electrons. The topological polar surface area (TPSA) is 93.4 Å². The lowest BCUT2D eigenvalue weighted by molar-refractivity contribution is -0.384. The van der Waals surface area contributed by atoms with E-state index in [2.05, 4.69) is 4.98 Å². The number of nitrogens with zero attached hydrogens (tertiary/aromatic N) is 3. The third-order valence-electron chi connectivity index (χ3n) is 2.25. The molecule has 7 nitrogen and oxygen atoms in total. The molecule has 8 heteroatoms. The summed E-state index contributed by atoms with van der Waals surface area (Å²) in [6.45, 7) is -0.186. The molecular formula is C9H6ClN3O4. The molecule has 1 fully saturated rings. The number of anilines is 1. The fraction of sp³-hybridized carbons (Fsp3) is 0.222. The minimum atomic E-state index is -0.690. The van der Waals surface area contributed by atoms with Crippen molar-refractivity contribution >= 4 is 34.8 Å². The third-order valence-corrected chi connectivity index (χ3v) is 2.46. The zero-order chi connectivity index (χ0) is 12.6. The second kappa shape index (κ2) is 4.10. The largest absolute Gasteiger partial charge is 0.313 e. The van der Waals surface area contributed by atoms with E-state index in [1.54, 1.807) is 0 Å². The van der Waals surface area contributed by atoms with Gasteiger partial charge in [-0.1, -0.05) is 11.6 Å². The van der Waals surface area contributed by atoms with E-state index in [4.69, 9.17) is 11.6 Å². The minimum absolute atomic E-state index is 0.0958. The standard InChI is InChI=1S/C9H6ClN3O4/c10-5-1-7(13(16)17)9(11-3-5)12-4-6(14)2-8(12)15/h1,3H,2,4H2. The Labute approximate surface area is 100 Å². The van der Waals surface area contributed by atoms with Gasteiger partial charge in [-0.05, 0) is 0 Å². The summed E-state index contributed by atoms with van der Waals surface area (Å²) >= 11 is 5.60. The molecule has 0 aliphatic carbocycles. The maximum Gasteiger partial charge on any atom is 0.313 e. The summed E-state index contributed by atoms with van der Waals surface area (Å²) in [4.78, 5) is 37.4. The average molecular weight is 256 g/mol. The van der Waals surface area contributed by atoms with E-state index < -0.39 is 10.8 Å². The lowest BCUT2D eigenvalue weighted by atomic mass is 10.3. The molecule has 1 amide bonds. The van der Waals surface area contributed by atoms with Gasteiger partial charge in [0.1, 0.15) is 0 Å². The quantitative estimate of drug-likeness (QED) is 0.445. The van der Waals surface area contributed by atoms with Crippen molar-refractivity contribution < 1.29 is 14.5 Å². The number of hydrogen-bond acceptors (Lipinski definition) is 5. The molecule has 2 rings (SSSR count). The van der Waals surface area contributed by atoms with Gasteiger partial charge < -0.3 is 0 Å². The highest BCUT2D eigenvalue weighted by atomic mass is 35.5. The molecule has 0 aromatic carbocycles. The Hall–Kier alpha value is -2.02. The van der Waals surface area contributed by atoms with Gasteiger partial charge >= 0.3 is 5.69 Å².